The van der Waals surface area contributed by atoms with E-state index in [9.17, 15) is 0 Å². The lowest BCUT2D eigenvalue weighted by molar-refractivity contribution is 0.310. The summed E-state index contributed by atoms with van der Waals surface area (Å²) in [5.74, 6) is 1.71. The lowest BCUT2D eigenvalue weighted by atomic mass is 10.1. The van der Waals surface area contributed by atoms with E-state index in [1.165, 1.54) is 10.9 Å². The summed E-state index contributed by atoms with van der Waals surface area (Å²) in [5, 5.41) is 5.40. The fraction of sp³-hybridized carbons (Fsp3) is 0.227. The van der Waals surface area contributed by atoms with E-state index in [4.69, 9.17) is 4.52 Å². The van der Waals surface area contributed by atoms with E-state index in [1.807, 2.05) is 42.6 Å². The quantitative estimate of drug-likeness (QED) is 0.546. The minimum absolute atomic E-state index is 0.295. The molecule has 5 rings (SSSR count). The van der Waals surface area contributed by atoms with Gasteiger partial charge in [0.2, 0.25) is 11.7 Å². The summed E-state index contributed by atoms with van der Waals surface area (Å²) < 4.78 is 5.57. The van der Waals surface area contributed by atoms with Crippen LogP contribution in [0.2, 0.25) is 0 Å². The number of aromatic nitrogens is 3. The maximum Gasteiger partial charge on any atom is 0.231 e. The van der Waals surface area contributed by atoms with Gasteiger partial charge in [-0.15, -0.1) is 0 Å². The van der Waals surface area contributed by atoms with Crippen LogP contribution in [0.3, 0.4) is 0 Å². The SMILES string of the molecule is c1ccc(-c2noc([C@H]3CCN(Cc4ccnc5ccccc45)C3)n2)cc1. The van der Waals surface area contributed by atoms with Crippen molar-refractivity contribution in [2.45, 2.75) is 18.9 Å². The number of nitrogens with zero attached hydrogens (tertiary/aromatic N) is 4. The Kier molecular flexibility index (Phi) is 4.14. The molecular weight excluding hydrogens is 336 g/mol. The Morgan fingerprint density at radius 3 is 2.78 bits per heavy atom. The number of hydrogen-bond acceptors (Lipinski definition) is 5. The van der Waals surface area contributed by atoms with Crippen LogP contribution >= 0.6 is 0 Å². The minimum atomic E-state index is 0.295. The van der Waals surface area contributed by atoms with Crippen molar-refractivity contribution in [3.8, 4) is 11.4 Å². The molecule has 1 aliphatic rings. The van der Waals surface area contributed by atoms with Gasteiger partial charge < -0.3 is 4.52 Å². The van der Waals surface area contributed by atoms with Gasteiger partial charge in [-0.2, -0.15) is 4.98 Å². The Hall–Kier alpha value is -3.05. The van der Waals surface area contributed by atoms with Gasteiger partial charge in [0.1, 0.15) is 0 Å². The number of fused-ring (bicyclic) bond motifs is 1. The van der Waals surface area contributed by atoms with Gasteiger partial charge in [0.25, 0.3) is 0 Å². The molecule has 0 unspecified atom stereocenters. The topological polar surface area (TPSA) is 55.1 Å². The van der Waals surface area contributed by atoms with Gasteiger partial charge in [0.15, 0.2) is 0 Å². The third-order valence-electron chi connectivity index (χ3n) is 5.23. The molecule has 5 nitrogen and oxygen atoms in total. The molecule has 1 atom stereocenters. The molecule has 2 aromatic heterocycles. The number of likely N-dealkylation sites (tertiary alicyclic amines) is 1. The summed E-state index contributed by atoms with van der Waals surface area (Å²) in [7, 11) is 0. The highest BCUT2D eigenvalue weighted by Gasteiger charge is 2.28. The molecule has 0 spiro atoms. The predicted molar refractivity (Wildman–Crippen MR) is 104 cm³/mol. The van der Waals surface area contributed by atoms with E-state index in [2.05, 4.69) is 44.3 Å². The summed E-state index contributed by atoms with van der Waals surface area (Å²) in [6, 6.07) is 20.4. The van der Waals surface area contributed by atoms with Crippen LogP contribution in [0.5, 0.6) is 0 Å². The molecule has 134 valence electrons. The van der Waals surface area contributed by atoms with Crippen molar-refractivity contribution >= 4 is 10.9 Å². The highest BCUT2D eigenvalue weighted by Crippen LogP contribution is 2.29. The average Bonchev–Trinajstić information content (AvgIpc) is 3.39. The van der Waals surface area contributed by atoms with Crippen LogP contribution in [0.25, 0.3) is 22.3 Å². The van der Waals surface area contributed by atoms with E-state index in [0.29, 0.717) is 11.7 Å². The number of hydrogen-bond donors (Lipinski definition) is 0. The first-order valence-corrected chi connectivity index (χ1v) is 9.31. The molecule has 3 heterocycles. The molecule has 27 heavy (non-hydrogen) atoms. The molecule has 0 saturated carbocycles. The molecule has 4 aromatic rings. The smallest absolute Gasteiger partial charge is 0.231 e. The Bertz CT molecular complexity index is 1050. The molecule has 2 aromatic carbocycles. The lowest BCUT2D eigenvalue weighted by Gasteiger charge is -2.16. The third-order valence-corrected chi connectivity index (χ3v) is 5.23. The van der Waals surface area contributed by atoms with Crippen LogP contribution in [0.1, 0.15) is 23.8 Å². The van der Waals surface area contributed by atoms with Gasteiger partial charge in [-0.1, -0.05) is 53.7 Å². The highest BCUT2D eigenvalue weighted by molar-refractivity contribution is 5.81. The normalized spacial score (nSPS) is 17.6. The maximum atomic E-state index is 5.57. The maximum absolute atomic E-state index is 5.57. The summed E-state index contributed by atoms with van der Waals surface area (Å²) in [6.07, 6.45) is 2.94. The first-order valence-electron chi connectivity index (χ1n) is 9.31. The fourth-order valence-electron chi connectivity index (χ4n) is 3.82. The second-order valence-corrected chi connectivity index (χ2v) is 7.03. The monoisotopic (exact) mass is 356 g/mol. The second-order valence-electron chi connectivity index (χ2n) is 7.03. The zero-order chi connectivity index (χ0) is 18.1. The van der Waals surface area contributed by atoms with Crippen LogP contribution in [0.15, 0.2) is 71.4 Å². The molecule has 1 saturated heterocycles. The largest absolute Gasteiger partial charge is 0.339 e. The van der Waals surface area contributed by atoms with Crippen LogP contribution in [0, 0.1) is 0 Å². The zero-order valence-corrected chi connectivity index (χ0v) is 15.0. The third kappa shape index (κ3) is 3.22. The van der Waals surface area contributed by atoms with E-state index >= 15 is 0 Å². The van der Waals surface area contributed by atoms with Crippen molar-refractivity contribution in [3.63, 3.8) is 0 Å². The van der Waals surface area contributed by atoms with E-state index < -0.39 is 0 Å². The predicted octanol–water partition coefficient (Wildman–Crippen LogP) is 4.27. The molecule has 0 bridgehead atoms. The number of benzene rings is 2. The highest BCUT2D eigenvalue weighted by atomic mass is 16.5. The first kappa shape index (κ1) is 16.1. The first-order chi connectivity index (χ1) is 13.4. The van der Waals surface area contributed by atoms with Crippen LogP contribution in [-0.4, -0.2) is 33.1 Å². The molecule has 1 fully saturated rings. The molecule has 0 radical (unpaired) electrons. The molecule has 5 heteroatoms. The van der Waals surface area contributed by atoms with Crippen molar-refractivity contribution in [1.29, 1.82) is 0 Å². The van der Waals surface area contributed by atoms with Crippen LogP contribution in [0.4, 0.5) is 0 Å². The van der Waals surface area contributed by atoms with Crippen molar-refractivity contribution < 1.29 is 4.52 Å². The van der Waals surface area contributed by atoms with Gasteiger partial charge in [-0.25, -0.2) is 0 Å². The van der Waals surface area contributed by atoms with Gasteiger partial charge in [0, 0.05) is 30.2 Å². The molecule has 0 amide bonds. The number of rotatable bonds is 4. The summed E-state index contributed by atoms with van der Waals surface area (Å²) in [4.78, 5) is 11.6. The van der Waals surface area contributed by atoms with Gasteiger partial charge in [-0.3, -0.25) is 9.88 Å². The van der Waals surface area contributed by atoms with E-state index in [-0.39, 0.29) is 0 Å². The fourth-order valence-corrected chi connectivity index (χ4v) is 3.82. The molecule has 0 aliphatic carbocycles. The van der Waals surface area contributed by atoms with Gasteiger partial charge >= 0.3 is 0 Å². The average molecular weight is 356 g/mol. The van der Waals surface area contributed by atoms with Crippen molar-refractivity contribution in [3.05, 3.63) is 78.3 Å². The van der Waals surface area contributed by atoms with Crippen molar-refractivity contribution in [2.24, 2.45) is 0 Å². The Labute approximate surface area is 157 Å². The standard InChI is InChI=1S/C22H20N4O/c1-2-6-16(7-3-1)21-24-22(27-25-21)18-11-13-26(15-18)14-17-10-12-23-20-9-5-4-8-19(17)20/h1-10,12,18H,11,13-15H2/t18-/m0/s1. The van der Waals surface area contributed by atoms with Crippen LogP contribution < -0.4 is 0 Å². The van der Waals surface area contributed by atoms with Gasteiger partial charge in [0.05, 0.1) is 11.4 Å². The molecule has 1 aliphatic heterocycles. The minimum Gasteiger partial charge on any atom is -0.339 e. The Morgan fingerprint density at radius 1 is 1.00 bits per heavy atom. The second kappa shape index (κ2) is 6.93. The van der Waals surface area contributed by atoms with E-state index in [0.717, 1.165) is 43.0 Å². The molecular formula is C22H20N4O. The van der Waals surface area contributed by atoms with Crippen molar-refractivity contribution in [1.82, 2.24) is 20.0 Å². The number of para-hydroxylation sites is 1. The zero-order valence-electron chi connectivity index (χ0n) is 15.0. The van der Waals surface area contributed by atoms with E-state index in [1.54, 1.807) is 0 Å². The summed E-state index contributed by atoms with van der Waals surface area (Å²) >= 11 is 0. The Balaban J connectivity index is 1.31. The lowest BCUT2D eigenvalue weighted by Crippen LogP contribution is -2.20. The molecule has 0 N–H and O–H groups in total. The van der Waals surface area contributed by atoms with Gasteiger partial charge in [-0.05, 0) is 30.7 Å². The Morgan fingerprint density at radius 2 is 1.85 bits per heavy atom. The summed E-state index contributed by atoms with van der Waals surface area (Å²) in [5.41, 5.74) is 3.36. The van der Waals surface area contributed by atoms with Crippen LogP contribution in [-0.2, 0) is 6.54 Å². The summed E-state index contributed by atoms with van der Waals surface area (Å²) in [6.45, 7) is 2.89. The number of pyridine rings is 1. The van der Waals surface area contributed by atoms with Crippen molar-refractivity contribution in [2.75, 3.05) is 13.1 Å².